The van der Waals surface area contributed by atoms with Crippen LogP contribution >= 0.6 is 0 Å². The van der Waals surface area contributed by atoms with Crippen LogP contribution in [0.4, 0.5) is 0 Å². The van der Waals surface area contributed by atoms with E-state index in [-0.39, 0.29) is 5.75 Å². The van der Waals surface area contributed by atoms with Crippen molar-refractivity contribution in [1.29, 1.82) is 0 Å². The highest BCUT2D eigenvalue weighted by Crippen LogP contribution is 2.35. The Kier molecular flexibility index (Phi) is 4.11. The molecule has 0 saturated heterocycles. The van der Waals surface area contributed by atoms with Crippen molar-refractivity contribution >= 4 is 0 Å². The summed E-state index contributed by atoms with van der Waals surface area (Å²) >= 11 is 0. The molecule has 4 aromatic rings. The van der Waals surface area contributed by atoms with Gasteiger partial charge in [0.25, 0.3) is 0 Å². The second kappa shape index (κ2) is 6.72. The van der Waals surface area contributed by atoms with Crippen LogP contribution in [-0.2, 0) is 0 Å². The van der Waals surface area contributed by atoms with Gasteiger partial charge in [-0.15, -0.1) is 0 Å². The smallest absolute Gasteiger partial charge is 0.230 e. The molecular formula is C21H16N2O3. The third-order valence-electron chi connectivity index (χ3n) is 4.07. The maximum atomic E-state index is 10.2. The number of nitrogens with zero attached hydrogens (tertiary/aromatic N) is 2. The zero-order valence-electron chi connectivity index (χ0n) is 14.1. The molecule has 5 nitrogen and oxygen atoms in total. The molecule has 26 heavy (non-hydrogen) atoms. The maximum absolute atomic E-state index is 10.2. The average molecular weight is 344 g/mol. The maximum Gasteiger partial charge on any atom is 0.230 e. The minimum Gasteiger partial charge on any atom is -0.507 e. The molecule has 0 unspecified atom stereocenters. The van der Waals surface area contributed by atoms with E-state index < -0.39 is 0 Å². The second-order valence-corrected chi connectivity index (χ2v) is 5.69. The Hall–Kier alpha value is -3.60. The van der Waals surface area contributed by atoms with E-state index in [0.29, 0.717) is 22.9 Å². The Morgan fingerprint density at radius 2 is 1.81 bits per heavy atom. The molecule has 0 aliphatic rings. The molecule has 128 valence electrons. The fourth-order valence-corrected chi connectivity index (χ4v) is 2.79. The SMILES string of the molecule is COc1ccc(-c2nc(-c3ncccc3-c3ccccc3)co2)c(O)c1. The minimum absolute atomic E-state index is 0.0436. The third kappa shape index (κ3) is 2.91. The Morgan fingerprint density at radius 1 is 0.962 bits per heavy atom. The van der Waals surface area contributed by atoms with E-state index in [1.54, 1.807) is 31.7 Å². The van der Waals surface area contributed by atoms with E-state index >= 15 is 0 Å². The second-order valence-electron chi connectivity index (χ2n) is 5.69. The molecule has 0 aliphatic heterocycles. The van der Waals surface area contributed by atoms with Gasteiger partial charge >= 0.3 is 0 Å². The first-order valence-corrected chi connectivity index (χ1v) is 8.10. The van der Waals surface area contributed by atoms with Gasteiger partial charge in [0.1, 0.15) is 23.5 Å². The van der Waals surface area contributed by atoms with Gasteiger partial charge in [-0.1, -0.05) is 36.4 Å². The molecule has 0 radical (unpaired) electrons. The summed E-state index contributed by atoms with van der Waals surface area (Å²) in [4.78, 5) is 9.00. The highest BCUT2D eigenvalue weighted by molar-refractivity contribution is 5.79. The normalized spacial score (nSPS) is 10.7. The molecule has 0 amide bonds. The van der Waals surface area contributed by atoms with Gasteiger partial charge in [-0.2, -0.15) is 0 Å². The molecule has 2 heterocycles. The van der Waals surface area contributed by atoms with Crippen molar-refractivity contribution in [2.45, 2.75) is 0 Å². The number of phenols is 1. The van der Waals surface area contributed by atoms with Gasteiger partial charge in [-0.05, 0) is 23.8 Å². The lowest BCUT2D eigenvalue weighted by Gasteiger charge is -2.06. The number of aromatic nitrogens is 2. The van der Waals surface area contributed by atoms with Crippen LogP contribution in [0, 0.1) is 0 Å². The van der Waals surface area contributed by atoms with Crippen LogP contribution in [0.1, 0.15) is 0 Å². The van der Waals surface area contributed by atoms with Crippen LogP contribution in [0.3, 0.4) is 0 Å². The van der Waals surface area contributed by atoms with Crippen LogP contribution in [0.2, 0.25) is 0 Å². The van der Waals surface area contributed by atoms with Crippen molar-refractivity contribution in [3.8, 4) is 45.5 Å². The molecule has 0 atom stereocenters. The van der Waals surface area contributed by atoms with Crippen molar-refractivity contribution in [1.82, 2.24) is 9.97 Å². The van der Waals surface area contributed by atoms with Gasteiger partial charge in [0.15, 0.2) is 0 Å². The van der Waals surface area contributed by atoms with Crippen LogP contribution in [0.15, 0.2) is 77.5 Å². The lowest BCUT2D eigenvalue weighted by Crippen LogP contribution is -1.89. The average Bonchev–Trinajstić information content (AvgIpc) is 3.18. The molecule has 2 aromatic carbocycles. The zero-order chi connectivity index (χ0) is 17.9. The first-order chi connectivity index (χ1) is 12.8. The van der Waals surface area contributed by atoms with Crippen molar-refractivity contribution in [3.63, 3.8) is 0 Å². The zero-order valence-corrected chi connectivity index (χ0v) is 14.1. The monoisotopic (exact) mass is 344 g/mol. The Morgan fingerprint density at radius 3 is 2.58 bits per heavy atom. The Balaban J connectivity index is 1.76. The van der Waals surface area contributed by atoms with Crippen molar-refractivity contribution < 1.29 is 14.3 Å². The summed E-state index contributed by atoms with van der Waals surface area (Å²) in [5, 5.41) is 10.2. The molecule has 0 fully saturated rings. The van der Waals surface area contributed by atoms with Crippen molar-refractivity contribution in [2.24, 2.45) is 0 Å². The lowest BCUT2D eigenvalue weighted by atomic mass is 10.0. The molecular weight excluding hydrogens is 328 g/mol. The summed E-state index contributed by atoms with van der Waals surface area (Å²) in [5.74, 6) is 0.931. The van der Waals surface area contributed by atoms with Gasteiger partial charge in [0.2, 0.25) is 5.89 Å². The van der Waals surface area contributed by atoms with Gasteiger partial charge in [-0.3, -0.25) is 4.98 Å². The van der Waals surface area contributed by atoms with E-state index in [0.717, 1.165) is 16.8 Å². The summed E-state index contributed by atoms with van der Waals surface area (Å²) in [6.45, 7) is 0. The summed E-state index contributed by atoms with van der Waals surface area (Å²) in [6.07, 6.45) is 3.27. The highest BCUT2D eigenvalue weighted by Gasteiger charge is 2.16. The number of benzene rings is 2. The highest BCUT2D eigenvalue weighted by atomic mass is 16.5. The molecule has 2 aromatic heterocycles. The summed E-state index contributed by atoms with van der Waals surface area (Å²) in [6, 6.07) is 18.9. The molecule has 5 heteroatoms. The van der Waals surface area contributed by atoms with Crippen LogP contribution in [-0.4, -0.2) is 22.2 Å². The number of rotatable bonds is 4. The van der Waals surface area contributed by atoms with E-state index in [1.807, 2.05) is 42.5 Å². The third-order valence-corrected chi connectivity index (χ3v) is 4.07. The van der Waals surface area contributed by atoms with Gasteiger partial charge in [0, 0.05) is 17.8 Å². The number of hydrogen-bond acceptors (Lipinski definition) is 5. The molecule has 1 N–H and O–H groups in total. The largest absolute Gasteiger partial charge is 0.507 e. The Bertz CT molecular complexity index is 1040. The number of methoxy groups -OCH3 is 1. The fraction of sp³-hybridized carbons (Fsp3) is 0.0476. The molecule has 0 saturated carbocycles. The lowest BCUT2D eigenvalue weighted by molar-refractivity contribution is 0.407. The van der Waals surface area contributed by atoms with Gasteiger partial charge in [0.05, 0.1) is 18.4 Å². The van der Waals surface area contributed by atoms with E-state index in [4.69, 9.17) is 9.15 Å². The number of phenolic OH excluding ortho intramolecular Hbond substituents is 1. The topological polar surface area (TPSA) is 68.4 Å². The summed E-state index contributed by atoms with van der Waals surface area (Å²) in [5.41, 5.74) is 3.84. The predicted octanol–water partition coefficient (Wildman–Crippen LogP) is 4.78. The molecule has 0 aliphatic carbocycles. The number of aromatic hydroxyl groups is 1. The predicted molar refractivity (Wildman–Crippen MR) is 98.8 cm³/mol. The molecule has 0 bridgehead atoms. The fourth-order valence-electron chi connectivity index (χ4n) is 2.79. The van der Waals surface area contributed by atoms with Gasteiger partial charge in [-0.25, -0.2) is 4.98 Å². The number of pyridine rings is 1. The first kappa shape index (κ1) is 15.9. The van der Waals surface area contributed by atoms with E-state index in [2.05, 4.69) is 9.97 Å². The van der Waals surface area contributed by atoms with Crippen LogP contribution < -0.4 is 4.74 Å². The van der Waals surface area contributed by atoms with E-state index in [9.17, 15) is 5.11 Å². The standard InChI is InChI=1S/C21H16N2O3/c1-25-15-9-10-17(19(24)12-15)21-23-18(13-26-21)20-16(8-5-11-22-20)14-6-3-2-4-7-14/h2-13,24H,1H3. The molecule has 0 spiro atoms. The van der Waals surface area contributed by atoms with Crippen molar-refractivity contribution in [3.05, 3.63) is 73.1 Å². The first-order valence-electron chi connectivity index (χ1n) is 8.10. The summed E-state index contributed by atoms with van der Waals surface area (Å²) < 4.78 is 10.7. The van der Waals surface area contributed by atoms with Crippen LogP contribution in [0.5, 0.6) is 11.5 Å². The summed E-state index contributed by atoms with van der Waals surface area (Å²) in [7, 11) is 1.55. The minimum atomic E-state index is 0.0436. The van der Waals surface area contributed by atoms with Crippen LogP contribution in [0.25, 0.3) is 34.0 Å². The number of hydrogen-bond donors (Lipinski definition) is 1. The molecule has 4 rings (SSSR count). The Labute approximate surface area is 150 Å². The number of oxazole rings is 1. The quantitative estimate of drug-likeness (QED) is 0.577. The van der Waals surface area contributed by atoms with Gasteiger partial charge < -0.3 is 14.3 Å². The number of ether oxygens (including phenoxy) is 1. The van der Waals surface area contributed by atoms with Crippen molar-refractivity contribution in [2.75, 3.05) is 7.11 Å². The van der Waals surface area contributed by atoms with E-state index in [1.165, 1.54) is 6.07 Å².